The van der Waals surface area contributed by atoms with E-state index >= 15 is 0 Å². The summed E-state index contributed by atoms with van der Waals surface area (Å²) in [7, 11) is 0. The van der Waals surface area contributed by atoms with Crippen molar-refractivity contribution in [2.45, 2.75) is 104 Å². The zero-order chi connectivity index (χ0) is 43.9. The van der Waals surface area contributed by atoms with Gasteiger partial charge >= 0.3 is 0 Å². The Morgan fingerprint density at radius 3 is 1.79 bits per heavy atom. The molecule has 2 atom stereocenters. The summed E-state index contributed by atoms with van der Waals surface area (Å²) in [5.41, 5.74) is 13.8. The van der Waals surface area contributed by atoms with Crippen molar-refractivity contribution in [2.75, 3.05) is 0 Å². The summed E-state index contributed by atoms with van der Waals surface area (Å²) < 4.78 is 10.7. The zero-order valence-electron chi connectivity index (χ0n) is 38.5. The average molecular weight is 830 g/mol. The molecular formula is C58H61N4O+. The number of nitrogens with zero attached hydrogens (tertiary/aromatic N) is 4. The van der Waals surface area contributed by atoms with Crippen LogP contribution in [0.15, 0.2) is 152 Å². The zero-order valence-corrected chi connectivity index (χ0v) is 38.5. The van der Waals surface area contributed by atoms with E-state index in [1.165, 1.54) is 61.3 Å². The maximum atomic E-state index is 7.14. The van der Waals surface area contributed by atoms with E-state index in [1.807, 2.05) is 6.20 Å². The Morgan fingerprint density at radius 2 is 1.11 bits per heavy atom. The topological polar surface area (TPSA) is 27.1 Å². The fraction of sp³-hybridized carbons (Fsp3) is 0.276. The van der Waals surface area contributed by atoms with E-state index in [4.69, 9.17) is 9.72 Å². The van der Waals surface area contributed by atoms with Gasteiger partial charge in [0.05, 0.1) is 11.0 Å². The van der Waals surface area contributed by atoms with Gasteiger partial charge in [-0.1, -0.05) is 129 Å². The molecule has 10 rings (SSSR count). The Bertz CT molecular complexity index is 3040. The number of hydrogen-bond donors (Lipinski definition) is 0. The van der Waals surface area contributed by atoms with Crippen LogP contribution in [-0.4, -0.2) is 9.55 Å². The Morgan fingerprint density at radius 1 is 0.508 bits per heavy atom. The number of fused-ring (bicyclic) bond motifs is 7. The monoisotopic (exact) mass is 829 g/mol. The van der Waals surface area contributed by atoms with Gasteiger partial charge in [-0.3, -0.25) is 4.57 Å². The minimum Gasteiger partial charge on any atom is -0.457 e. The van der Waals surface area contributed by atoms with Crippen molar-refractivity contribution < 1.29 is 4.74 Å². The molecule has 0 amide bonds. The molecule has 1 fully saturated rings. The summed E-state index contributed by atoms with van der Waals surface area (Å²) in [5, 5.41) is 2.39. The summed E-state index contributed by atoms with van der Waals surface area (Å²) in [5.74, 6) is 2.58. The molecule has 2 aliphatic heterocycles. The third kappa shape index (κ3) is 6.22. The van der Waals surface area contributed by atoms with Gasteiger partial charge in [0.15, 0.2) is 18.0 Å². The summed E-state index contributed by atoms with van der Waals surface area (Å²) in [6, 6.07) is 53.9. The van der Waals surface area contributed by atoms with Crippen molar-refractivity contribution in [1.82, 2.24) is 18.7 Å². The van der Waals surface area contributed by atoms with Gasteiger partial charge in [-0.05, 0) is 106 Å². The van der Waals surface area contributed by atoms with Gasteiger partial charge in [-0.15, -0.1) is 0 Å². The van der Waals surface area contributed by atoms with E-state index in [2.05, 4.69) is 219 Å². The fourth-order valence-electron chi connectivity index (χ4n) is 10.3. The van der Waals surface area contributed by atoms with Gasteiger partial charge in [0, 0.05) is 59.4 Å². The number of hydrogen-bond acceptors (Lipinski definition) is 2. The highest BCUT2D eigenvalue weighted by molar-refractivity contribution is 6.09. The van der Waals surface area contributed by atoms with E-state index in [9.17, 15) is 0 Å². The maximum Gasteiger partial charge on any atom is 0.225 e. The van der Waals surface area contributed by atoms with E-state index in [0.29, 0.717) is 9.18 Å². The fourth-order valence-corrected chi connectivity index (χ4v) is 10.3. The van der Waals surface area contributed by atoms with Crippen molar-refractivity contribution in [2.24, 2.45) is 0 Å². The molecule has 4 heterocycles. The molecule has 5 nitrogen and oxygen atoms in total. The van der Waals surface area contributed by atoms with Gasteiger partial charge < -0.3 is 4.74 Å². The second-order valence-corrected chi connectivity index (χ2v) is 19.6. The van der Waals surface area contributed by atoms with Crippen molar-refractivity contribution >= 4 is 44.6 Å². The maximum absolute atomic E-state index is 7.14. The predicted octanol–water partition coefficient (Wildman–Crippen LogP) is 16.4. The van der Waals surface area contributed by atoms with Crippen LogP contribution >= 0.6 is 0 Å². The van der Waals surface area contributed by atoms with E-state index in [-0.39, 0.29) is 16.2 Å². The van der Waals surface area contributed by atoms with E-state index in [0.717, 1.165) is 54.0 Å². The van der Waals surface area contributed by atoms with Gasteiger partial charge in [-0.25, -0.2) is 4.98 Å². The number of para-hydroxylation sites is 3. The van der Waals surface area contributed by atoms with Crippen LogP contribution < -0.4 is 13.9 Å². The van der Waals surface area contributed by atoms with Crippen LogP contribution in [0.3, 0.4) is 0 Å². The molecule has 2 aliphatic rings. The second kappa shape index (κ2) is 14.8. The molecular weight excluding hydrogens is 769 g/mol. The third-order valence-corrected chi connectivity index (χ3v) is 15.3. The molecule has 1 unspecified atom stereocenters. The summed E-state index contributed by atoms with van der Waals surface area (Å²) in [6.07, 6.45) is 6.15. The number of pyridine rings is 1. The number of quaternary nitrogens is 2. The molecule has 6 aromatic carbocycles. The van der Waals surface area contributed by atoms with Gasteiger partial charge in [0.2, 0.25) is 11.4 Å². The van der Waals surface area contributed by atoms with Gasteiger partial charge in [0.1, 0.15) is 17.3 Å². The predicted molar refractivity (Wildman–Crippen MR) is 265 cm³/mol. The molecule has 0 N–H and O–H groups in total. The quantitative estimate of drug-likeness (QED) is 0.0697. The largest absolute Gasteiger partial charge is 0.457 e. The minimum absolute atomic E-state index is 0.0316. The first kappa shape index (κ1) is 41.0. The highest BCUT2D eigenvalue weighted by Gasteiger charge is 2.78. The number of benzene rings is 6. The van der Waals surface area contributed by atoms with E-state index in [1.54, 1.807) is 0 Å². The Kier molecular flexibility index (Phi) is 9.63. The molecule has 0 bridgehead atoms. The Balaban J connectivity index is 1.13. The highest BCUT2D eigenvalue weighted by Crippen LogP contribution is 2.75. The van der Waals surface area contributed by atoms with Gasteiger partial charge in [-0.2, -0.15) is 9.18 Å². The summed E-state index contributed by atoms with van der Waals surface area (Å²) >= 11 is 0. The van der Waals surface area contributed by atoms with Crippen LogP contribution in [0.25, 0.3) is 38.8 Å². The second-order valence-electron chi connectivity index (χ2n) is 19.6. The van der Waals surface area contributed by atoms with Crippen molar-refractivity contribution in [1.29, 1.82) is 0 Å². The number of rotatable bonds is 12. The molecule has 318 valence electrons. The van der Waals surface area contributed by atoms with Crippen LogP contribution in [-0.2, 0) is 16.2 Å². The van der Waals surface area contributed by atoms with Crippen LogP contribution in [0.1, 0.15) is 105 Å². The van der Waals surface area contributed by atoms with E-state index < -0.39 is 0 Å². The third-order valence-electron chi connectivity index (χ3n) is 15.3. The smallest absolute Gasteiger partial charge is 0.225 e. The first-order valence-corrected chi connectivity index (χ1v) is 23.1. The molecule has 0 saturated carbocycles. The number of aromatic nitrogens is 2. The minimum atomic E-state index is -0.0341. The van der Waals surface area contributed by atoms with Gasteiger partial charge in [0.25, 0.3) is 0 Å². The molecule has 0 spiro atoms. The molecule has 1 saturated heterocycles. The highest BCUT2D eigenvalue weighted by atomic mass is 16.5. The molecule has 0 radical (unpaired) electrons. The molecule has 5 heteroatoms. The first-order valence-electron chi connectivity index (χ1n) is 23.1. The number of ether oxygens (including phenoxy) is 1. The van der Waals surface area contributed by atoms with Crippen molar-refractivity contribution in [3.63, 3.8) is 0 Å². The Labute approximate surface area is 374 Å². The van der Waals surface area contributed by atoms with Crippen LogP contribution in [0.5, 0.6) is 11.5 Å². The summed E-state index contributed by atoms with van der Waals surface area (Å²) in [6.45, 7) is 23.4. The lowest BCUT2D eigenvalue weighted by molar-refractivity contribution is 0.413. The van der Waals surface area contributed by atoms with Crippen LogP contribution in [0.4, 0.5) is 22.7 Å². The first-order chi connectivity index (χ1) is 30.3. The lowest BCUT2D eigenvalue weighted by Gasteiger charge is -2.41. The average Bonchev–Trinajstić information content (AvgIpc) is 3.81. The SMILES string of the molecule is CCC(C)(CC)c1cc(Oc2ccc3c4ccccc4n(-c4cc(C(C)(CC)CC)ccn4)c3c2)cc([N+]23[CH-][N@+]2(c2cc(-c4ccccc4)cc(C(C)(C)C)c2)c2ccccc23)c1. The van der Waals surface area contributed by atoms with Crippen molar-refractivity contribution in [3.8, 4) is 28.4 Å². The standard InChI is InChI=1S/C58H61N4O/c1-10-57(8,11-2)42-29-30-59-55(36-42)60-51-24-18-17-23-49(51)50-28-27-47(38-52(50)60)63-48-35-44(58(9,12-3)13-4)34-46(37-48)62-39-61(62,53-25-19-20-26-54(53)62)45-32-41(40-21-15-14-16-22-40)31-43(33-45)56(5,6)7/h14-39H,10-13H2,1-9H3/q+1/t61-,62?/m0/s1. The van der Waals surface area contributed by atoms with Crippen LogP contribution in [0, 0.1) is 6.67 Å². The molecule has 63 heavy (non-hydrogen) atoms. The Hall–Kier alpha value is -6.01. The molecule has 0 aliphatic carbocycles. The summed E-state index contributed by atoms with van der Waals surface area (Å²) in [4.78, 5) is 5.00. The molecule has 8 aromatic rings. The lowest BCUT2D eigenvalue weighted by Crippen LogP contribution is -2.46. The molecule has 2 aromatic heterocycles. The van der Waals surface area contributed by atoms with Crippen LogP contribution in [0.2, 0.25) is 0 Å². The lowest BCUT2D eigenvalue weighted by atomic mass is 9.77. The van der Waals surface area contributed by atoms with Crippen molar-refractivity contribution in [3.05, 3.63) is 175 Å². The normalized spacial score (nSPS) is 18.2.